The van der Waals surface area contributed by atoms with Crippen molar-refractivity contribution < 1.29 is 28.9 Å². The molecule has 0 amide bonds. The van der Waals surface area contributed by atoms with E-state index in [0.29, 0.717) is 12.8 Å². The molecular weight excluding hydrogens is 348 g/mol. The molecular formula is C16H18N2O8. The Kier molecular flexibility index (Phi) is 6.21. The number of carbonyl (C=O) groups is 2. The summed E-state index contributed by atoms with van der Waals surface area (Å²) >= 11 is 0. The van der Waals surface area contributed by atoms with E-state index in [9.17, 15) is 29.8 Å². The number of esters is 2. The molecule has 1 aliphatic carbocycles. The Morgan fingerprint density at radius 2 is 1.65 bits per heavy atom. The molecule has 0 aromatic heterocycles. The fourth-order valence-corrected chi connectivity index (χ4v) is 2.89. The number of nitro benzene ring substituents is 2. The number of ether oxygens (including phenoxy) is 2. The van der Waals surface area contributed by atoms with Crippen LogP contribution in [0, 0.1) is 26.1 Å². The molecule has 26 heavy (non-hydrogen) atoms. The van der Waals surface area contributed by atoms with Crippen LogP contribution in [-0.4, -0.2) is 34.5 Å². The topological polar surface area (TPSA) is 139 Å². The summed E-state index contributed by atoms with van der Waals surface area (Å²) in [7, 11) is 0. The van der Waals surface area contributed by atoms with Crippen molar-refractivity contribution in [3.8, 4) is 0 Å². The first kappa shape index (κ1) is 19.3. The quantitative estimate of drug-likeness (QED) is 0.425. The van der Waals surface area contributed by atoms with E-state index < -0.39 is 45.2 Å². The Morgan fingerprint density at radius 3 is 2.19 bits per heavy atom. The second kappa shape index (κ2) is 8.37. The average Bonchev–Trinajstić information content (AvgIpc) is 2.61. The zero-order valence-corrected chi connectivity index (χ0v) is 14.1. The van der Waals surface area contributed by atoms with Crippen molar-refractivity contribution in [3.63, 3.8) is 0 Å². The fourth-order valence-electron chi connectivity index (χ4n) is 2.89. The SMILES string of the molecule is CCOC(=O)C1CCCCC1OC(=O)c1cc([N+](=O)[O-])cc([N+](=O)[O-])c1. The summed E-state index contributed by atoms with van der Waals surface area (Å²) in [6.07, 6.45) is 1.77. The lowest BCUT2D eigenvalue weighted by Crippen LogP contribution is -2.36. The first-order valence-corrected chi connectivity index (χ1v) is 8.15. The third-order valence-corrected chi connectivity index (χ3v) is 4.11. The van der Waals surface area contributed by atoms with E-state index in [1.54, 1.807) is 6.92 Å². The zero-order valence-electron chi connectivity index (χ0n) is 14.1. The Morgan fingerprint density at radius 1 is 1.08 bits per heavy atom. The molecule has 10 heteroatoms. The molecule has 0 aliphatic heterocycles. The number of nitrogens with zero attached hydrogens (tertiary/aromatic N) is 2. The van der Waals surface area contributed by atoms with E-state index in [1.165, 1.54) is 0 Å². The summed E-state index contributed by atoms with van der Waals surface area (Å²) in [4.78, 5) is 44.6. The number of rotatable bonds is 6. The van der Waals surface area contributed by atoms with Gasteiger partial charge in [-0.05, 0) is 26.2 Å². The van der Waals surface area contributed by atoms with Crippen molar-refractivity contribution in [2.75, 3.05) is 6.61 Å². The van der Waals surface area contributed by atoms with Gasteiger partial charge in [-0.25, -0.2) is 4.79 Å². The maximum Gasteiger partial charge on any atom is 0.338 e. The summed E-state index contributed by atoms with van der Waals surface area (Å²) in [5, 5.41) is 21.8. The first-order valence-electron chi connectivity index (χ1n) is 8.15. The van der Waals surface area contributed by atoms with Crippen LogP contribution in [0.3, 0.4) is 0 Å². The molecule has 0 heterocycles. The van der Waals surface area contributed by atoms with Gasteiger partial charge in [0.05, 0.1) is 34.0 Å². The number of non-ortho nitro benzene ring substituents is 2. The molecule has 1 saturated carbocycles. The van der Waals surface area contributed by atoms with Crippen molar-refractivity contribution in [3.05, 3.63) is 44.0 Å². The van der Waals surface area contributed by atoms with Crippen molar-refractivity contribution in [2.24, 2.45) is 5.92 Å². The van der Waals surface area contributed by atoms with Crippen molar-refractivity contribution in [1.29, 1.82) is 0 Å². The third-order valence-electron chi connectivity index (χ3n) is 4.11. The molecule has 2 unspecified atom stereocenters. The molecule has 0 N–H and O–H groups in total. The normalized spacial score (nSPS) is 19.4. The van der Waals surface area contributed by atoms with E-state index in [1.807, 2.05) is 0 Å². The van der Waals surface area contributed by atoms with Crippen LogP contribution >= 0.6 is 0 Å². The molecule has 2 atom stereocenters. The Hall–Kier alpha value is -3.04. The van der Waals surface area contributed by atoms with Gasteiger partial charge in [0.2, 0.25) is 0 Å². The third kappa shape index (κ3) is 4.52. The van der Waals surface area contributed by atoms with Crippen molar-refractivity contribution in [1.82, 2.24) is 0 Å². The molecule has 0 radical (unpaired) electrons. The summed E-state index contributed by atoms with van der Waals surface area (Å²) in [6, 6.07) is 2.59. The molecule has 10 nitrogen and oxygen atoms in total. The maximum atomic E-state index is 12.4. The highest BCUT2D eigenvalue weighted by Crippen LogP contribution is 2.30. The van der Waals surface area contributed by atoms with Crippen molar-refractivity contribution in [2.45, 2.75) is 38.7 Å². The number of carbonyl (C=O) groups excluding carboxylic acids is 2. The van der Waals surface area contributed by atoms with E-state index in [2.05, 4.69) is 0 Å². The second-order valence-electron chi connectivity index (χ2n) is 5.84. The van der Waals surface area contributed by atoms with Crippen LogP contribution in [-0.2, 0) is 14.3 Å². The first-order chi connectivity index (χ1) is 12.3. The second-order valence-corrected chi connectivity index (χ2v) is 5.84. The van der Waals surface area contributed by atoms with Gasteiger partial charge in [0.25, 0.3) is 11.4 Å². The highest BCUT2D eigenvalue weighted by atomic mass is 16.6. The van der Waals surface area contributed by atoms with E-state index in [0.717, 1.165) is 31.0 Å². The van der Waals surface area contributed by atoms with E-state index in [-0.39, 0.29) is 12.2 Å². The largest absolute Gasteiger partial charge is 0.466 e. The van der Waals surface area contributed by atoms with Gasteiger partial charge in [-0.15, -0.1) is 0 Å². The summed E-state index contributed by atoms with van der Waals surface area (Å²) in [5.74, 6) is -2.02. The van der Waals surface area contributed by atoms with Gasteiger partial charge in [0.15, 0.2) is 0 Å². The summed E-state index contributed by atoms with van der Waals surface area (Å²) in [5.41, 5.74) is -1.48. The van der Waals surface area contributed by atoms with Crippen LogP contribution in [0.4, 0.5) is 11.4 Å². The minimum Gasteiger partial charge on any atom is -0.466 e. The Bertz CT molecular complexity index is 701. The van der Waals surface area contributed by atoms with Crippen molar-refractivity contribution >= 4 is 23.3 Å². The van der Waals surface area contributed by atoms with Crippen LogP contribution in [0.1, 0.15) is 43.0 Å². The van der Waals surface area contributed by atoms with E-state index in [4.69, 9.17) is 9.47 Å². The number of hydrogen-bond donors (Lipinski definition) is 0. The van der Waals surface area contributed by atoms with Crippen LogP contribution in [0.15, 0.2) is 18.2 Å². The monoisotopic (exact) mass is 366 g/mol. The van der Waals surface area contributed by atoms with Gasteiger partial charge < -0.3 is 9.47 Å². The molecule has 1 aromatic rings. The molecule has 1 aliphatic rings. The number of nitro groups is 2. The molecule has 140 valence electrons. The Labute approximate surface area is 148 Å². The maximum absolute atomic E-state index is 12.4. The highest BCUT2D eigenvalue weighted by Gasteiger charge is 2.35. The minimum absolute atomic E-state index is 0.201. The zero-order chi connectivity index (χ0) is 19.3. The standard InChI is InChI=1S/C16H18N2O8/c1-2-25-16(20)13-5-3-4-6-14(13)26-15(19)10-7-11(17(21)22)9-12(8-10)18(23)24/h7-9,13-14H,2-6H2,1H3. The van der Waals surface area contributed by atoms with Crippen LogP contribution in [0.2, 0.25) is 0 Å². The molecule has 1 aromatic carbocycles. The molecule has 0 bridgehead atoms. The molecule has 2 rings (SSSR count). The van der Waals surface area contributed by atoms with Gasteiger partial charge in [-0.3, -0.25) is 25.0 Å². The smallest absolute Gasteiger partial charge is 0.338 e. The lowest BCUT2D eigenvalue weighted by molar-refractivity contribution is -0.394. The fraction of sp³-hybridized carbons (Fsp3) is 0.500. The number of benzene rings is 1. The van der Waals surface area contributed by atoms with Crippen LogP contribution < -0.4 is 0 Å². The predicted molar refractivity (Wildman–Crippen MR) is 87.5 cm³/mol. The Balaban J connectivity index is 2.23. The average molecular weight is 366 g/mol. The molecule has 1 fully saturated rings. The minimum atomic E-state index is -0.946. The highest BCUT2D eigenvalue weighted by molar-refractivity contribution is 5.91. The molecule has 0 spiro atoms. The summed E-state index contributed by atoms with van der Waals surface area (Å²) < 4.78 is 10.3. The number of hydrogen-bond acceptors (Lipinski definition) is 8. The molecule has 0 saturated heterocycles. The van der Waals surface area contributed by atoms with Crippen LogP contribution in [0.5, 0.6) is 0 Å². The summed E-state index contributed by atoms with van der Waals surface area (Å²) in [6.45, 7) is 1.87. The van der Waals surface area contributed by atoms with Gasteiger partial charge in [-0.1, -0.05) is 6.42 Å². The lowest BCUT2D eigenvalue weighted by Gasteiger charge is -2.29. The van der Waals surface area contributed by atoms with Gasteiger partial charge >= 0.3 is 11.9 Å². The van der Waals surface area contributed by atoms with Gasteiger partial charge in [0, 0.05) is 12.1 Å². The van der Waals surface area contributed by atoms with Gasteiger partial charge in [-0.2, -0.15) is 0 Å². The predicted octanol–water partition coefficient (Wildman–Crippen LogP) is 2.78. The van der Waals surface area contributed by atoms with Crippen LogP contribution in [0.25, 0.3) is 0 Å². The van der Waals surface area contributed by atoms with E-state index >= 15 is 0 Å². The lowest BCUT2D eigenvalue weighted by atomic mass is 9.86. The van der Waals surface area contributed by atoms with Gasteiger partial charge in [0.1, 0.15) is 6.10 Å².